The minimum Gasteiger partial charge on any atom is -0.411 e. The van der Waals surface area contributed by atoms with Crippen molar-refractivity contribution in [2.75, 3.05) is 13.1 Å². The second-order valence-corrected chi connectivity index (χ2v) is 10.2. The van der Waals surface area contributed by atoms with Crippen molar-refractivity contribution >= 4 is 27.3 Å². The minimum absolute atomic E-state index is 0.0696. The Balaban J connectivity index is 1.51. The lowest BCUT2D eigenvalue weighted by molar-refractivity contribution is 0.0754. The van der Waals surface area contributed by atoms with E-state index >= 15 is 0 Å². The van der Waals surface area contributed by atoms with Crippen LogP contribution < -0.4 is 4.72 Å². The molecule has 0 unspecified atom stereocenters. The predicted molar refractivity (Wildman–Crippen MR) is 113 cm³/mol. The molecule has 3 heterocycles. The lowest BCUT2D eigenvalue weighted by Crippen LogP contribution is -2.27. The number of amides is 1. The summed E-state index contributed by atoms with van der Waals surface area (Å²) in [5, 5.41) is 7.80. The first kappa shape index (κ1) is 20.7. The van der Waals surface area contributed by atoms with E-state index < -0.39 is 10.0 Å². The number of carbonyl (C=O) groups excluding carboxylic acids is 1. The van der Waals surface area contributed by atoms with Gasteiger partial charge in [0.2, 0.25) is 10.0 Å². The highest BCUT2D eigenvalue weighted by molar-refractivity contribution is 7.89. The van der Waals surface area contributed by atoms with E-state index in [-0.39, 0.29) is 29.1 Å². The van der Waals surface area contributed by atoms with Crippen LogP contribution in [0.2, 0.25) is 0 Å². The van der Waals surface area contributed by atoms with Gasteiger partial charge in [-0.05, 0) is 38.3 Å². The number of aromatic nitrogens is 2. The Morgan fingerprint density at radius 1 is 1.17 bits per heavy atom. The molecule has 10 heteroatoms. The zero-order chi connectivity index (χ0) is 21.3. The summed E-state index contributed by atoms with van der Waals surface area (Å²) in [6.45, 7) is 5.27. The molecule has 1 aromatic carbocycles. The summed E-state index contributed by atoms with van der Waals surface area (Å²) < 4.78 is 33.8. The summed E-state index contributed by atoms with van der Waals surface area (Å²) in [5.74, 6) is -0.211. The number of hydrogen-bond acceptors (Lipinski definition) is 7. The van der Waals surface area contributed by atoms with Gasteiger partial charge in [-0.15, -0.1) is 21.5 Å². The minimum atomic E-state index is -3.71. The third kappa shape index (κ3) is 4.30. The molecule has 1 aliphatic heterocycles. The molecule has 1 aliphatic rings. The zero-order valence-corrected chi connectivity index (χ0v) is 18.3. The number of rotatable bonds is 6. The quantitative estimate of drug-likeness (QED) is 0.624. The van der Waals surface area contributed by atoms with Gasteiger partial charge in [0.1, 0.15) is 0 Å². The number of nitrogens with zero attached hydrogens (tertiary/aromatic N) is 3. The van der Waals surface area contributed by atoms with Crippen molar-refractivity contribution in [2.45, 2.75) is 38.1 Å². The van der Waals surface area contributed by atoms with Crippen LogP contribution in [0.3, 0.4) is 0 Å². The normalized spacial score (nSPS) is 14.4. The molecule has 1 fully saturated rings. The third-order valence-corrected chi connectivity index (χ3v) is 7.66. The molecule has 0 bridgehead atoms. The Morgan fingerprint density at radius 2 is 1.87 bits per heavy atom. The van der Waals surface area contributed by atoms with E-state index in [2.05, 4.69) is 14.9 Å². The fourth-order valence-electron chi connectivity index (χ4n) is 3.26. The largest absolute Gasteiger partial charge is 0.411 e. The summed E-state index contributed by atoms with van der Waals surface area (Å²) in [6, 6.07) is 9.17. The van der Waals surface area contributed by atoms with Gasteiger partial charge in [0.15, 0.2) is 0 Å². The number of benzene rings is 1. The molecule has 3 aromatic rings. The van der Waals surface area contributed by atoms with Crippen molar-refractivity contribution in [3.63, 3.8) is 0 Å². The molecule has 4 rings (SSSR count). The maximum atomic E-state index is 12.8. The lowest BCUT2D eigenvalue weighted by atomic mass is 10.2. The van der Waals surface area contributed by atoms with Crippen molar-refractivity contribution in [1.29, 1.82) is 0 Å². The van der Waals surface area contributed by atoms with Gasteiger partial charge in [0.25, 0.3) is 5.89 Å². The summed E-state index contributed by atoms with van der Waals surface area (Å²) in [6.07, 6.45) is 1.93. The van der Waals surface area contributed by atoms with Gasteiger partial charge in [-0.1, -0.05) is 29.8 Å². The topological polar surface area (TPSA) is 105 Å². The van der Waals surface area contributed by atoms with E-state index in [1.807, 2.05) is 31.2 Å². The first-order valence-corrected chi connectivity index (χ1v) is 11.9. The number of carbonyl (C=O) groups is 1. The van der Waals surface area contributed by atoms with E-state index in [0.29, 0.717) is 22.8 Å². The van der Waals surface area contributed by atoms with Gasteiger partial charge < -0.3 is 9.32 Å². The predicted octanol–water partition coefficient (Wildman–Crippen LogP) is 3.13. The highest BCUT2D eigenvalue weighted by Gasteiger charge is 2.26. The molecule has 0 spiro atoms. The molecular formula is C20H22N4O4S2. The molecule has 30 heavy (non-hydrogen) atoms. The lowest BCUT2D eigenvalue weighted by Gasteiger charge is -2.11. The molecule has 0 atom stereocenters. The van der Waals surface area contributed by atoms with Crippen molar-refractivity contribution in [2.24, 2.45) is 0 Å². The number of aryl methyl sites for hydroxylation is 2. The molecule has 1 saturated heterocycles. The van der Waals surface area contributed by atoms with E-state index in [1.54, 1.807) is 11.8 Å². The second-order valence-electron chi connectivity index (χ2n) is 7.25. The Kier molecular flexibility index (Phi) is 5.72. The molecule has 0 radical (unpaired) electrons. The van der Waals surface area contributed by atoms with Gasteiger partial charge in [-0.25, -0.2) is 13.1 Å². The molecule has 1 amide bonds. The summed E-state index contributed by atoms with van der Waals surface area (Å²) in [5.41, 5.74) is 1.99. The van der Waals surface area contributed by atoms with Gasteiger partial charge in [0.05, 0.1) is 9.77 Å². The highest BCUT2D eigenvalue weighted by atomic mass is 32.2. The van der Waals surface area contributed by atoms with Crippen LogP contribution in [-0.2, 0) is 16.6 Å². The second kappa shape index (κ2) is 8.29. The van der Waals surface area contributed by atoms with Gasteiger partial charge in [0, 0.05) is 24.5 Å². The molecule has 8 nitrogen and oxygen atoms in total. The van der Waals surface area contributed by atoms with E-state index in [1.165, 1.54) is 17.4 Å². The Bertz CT molecular complexity index is 1160. The number of nitrogens with one attached hydrogen (secondary N) is 1. The van der Waals surface area contributed by atoms with Gasteiger partial charge in [-0.3, -0.25) is 4.79 Å². The summed E-state index contributed by atoms with van der Waals surface area (Å²) in [7, 11) is -3.71. The molecule has 2 aromatic heterocycles. The van der Waals surface area contributed by atoms with Crippen molar-refractivity contribution < 1.29 is 17.6 Å². The summed E-state index contributed by atoms with van der Waals surface area (Å²) >= 11 is 1.23. The van der Waals surface area contributed by atoms with Crippen molar-refractivity contribution in [3.05, 3.63) is 52.2 Å². The van der Waals surface area contributed by atoms with Crippen LogP contribution in [0, 0.1) is 13.8 Å². The highest BCUT2D eigenvalue weighted by Crippen LogP contribution is 2.33. The van der Waals surface area contributed by atoms with Crippen LogP contribution in [0.1, 0.15) is 39.5 Å². The average Bonchev–Trinajstić information content (AvgIpc) is 3.47. The Hall–Kier alpha value is -2.56. The number of likely N-dealkylation sites (tertiary alicyclic amines) is 1. The van der Waals surface area contributed by atoms with Crippen LogP contribution in [0.25, 0.3) is 10.8 Å². The molecule has 0 aliphatic carbocycles. The van der Waals surface area contributed by atoms with E-state index in [4.69, 9.17) is 4.42 Å². The molecular weight excluding hydrogens is 424 g/mol. The smallest absolute Gasteiger partial charge is 0.311 e. The van der Waals surface area contributed by atoms with Gasteiger partial charge >= 0.3 is 11.8 Å². The van der Waals surface area contributed by atoms with Crippen LogP contribution in [0.4, 0.5) is 0 Å². The first-order chi connectivity index (χ1) is 14.3. The van der Waals surface area contributed by atoms with E-state index in [0.717, 1.165) is 24.0 Å². The number of sulfonamides is 1. The standard InChI is InChI=1S/C20H22N4O4S2/c1-13-5-7-15(8-6-13)12-21-30(26,27)17-11-16(29-14(17)2)18-22-23-19(28-18)20(25)24-9-3-4-10-24/h5-8,11,21H,3-4,9-10,12H2,1-2H3. The molecule has 158 valence electrons. The van der Waals surface area contributed by atoms with Crippen LogP contribution in [-0.4, -0.2) is 42.5 Å². The zero-order valence-electron chi connectivity index (χ0n) is 16.7. The fraction of sp³-hybridized carbons (Fsp3) is 0.350. The van der Waals surface area contributed by atoms with Crippen LogP contribution in [0.15, 0.2) is 39.6 Å². The average molecular weight is 447 g/mol. The third-order valence-electron chi connectivity index (χ3n) is 4.96. The van der Waals surface area contributed by atoms with Gasteiger partial charge in [-0.2, -0.15) is 0 Å². The Labute approximate surface area is 179 Å². The van der Waals surface area contributed by atoms with Crippen LogP contribution in [0.5, 0.6) is 0 Å². The van der Waals surface area contributed by atoms with E-state index in [9.17, 15) is 13.2 Å². The maximum absolute atomic E-state index is 12.8. The van der Waals surface area contributed by atoms with Crippen molar-refractivity contribution in [1.82, 2.24) is 19.8 Å². The molecule has 0 saturated carbocycles. The fourth-order valence-corrected chi connectivity index (χ4v) is 5.79. The Morgan fingerprint density at radius 3 is 2.57 bits per heavy atom. The number of hydrogen-bond donors (Lipinski definition) is 1. The monoisotopic (exact) mass is 446 g/mol. The SMILES string of the molecule is Cc1ccc(CNS(=O)(=O)c2cc(-c3nnc(C(=O)N4CCCC4)o3)sc2C)cc1. The molecule has 1 N–H and O–H groups in total. The first-order valence-electron chi connectivity index (χ1n) is 9.62. The van der Waals surface area contributed by atoms with Crippen molar-refractivity contribution in [3.8, 4) is 10.8 Å². The van der Waals surface area contributed by atoms with Crippen LogP contribution >= 0.6 is 11.3 Å². The summed E-state index contributed by atoms with van der Waals surface area (Å²) in [4.78, 5) is 15.4. The maximum Gasteiger partial charge on any atom is 0.311 e. The number of thiophene rings is 1.